The quantitative estimate of drug-likeness (QED) is 0.538. The molecule has 0 unspecified atom stereocenters. The molecule has 0 spiro atoms. The van der Waals surface area contributed by atoms with E-state index in [4.69, 9.17) is 4.98 Å². The number of rotatable bonds is 3. The first-order valence-electron chi connectivity index (χ1n) is 8.48. The van der Waals surface area contributed by atoms with Crippen molar-refractivity contribution in [3.63, 3.8) is 0 Å². The first-order chi connectivity index (χ1) is 13.1. The van der Waals surface area contributed by atoms with Crippen LogP contribution in [0.3, 0.4) is 0 Å². The molecule has 4 aromatic rings. The lowest BCUT2D eigenvalue weighted by Crippen LogP contribution is -2.25. The van der Waals surface area contributed by atoms with Crippen LogP contribution in [0.5, 0.6) is 5.75 Å². The highest BCUT2D eigenvalue weighted by Crippen LogP contribution is 2.36. The molecule has 0 N–H and O–H groups in total. The van der Waals surface area contributed by atoms with Gasteiger partial charge >= 0.3 is 6.61 Å². The molecule has 0 amide bonds. The van der Waals surface area contributed by atoms with Crippen molar-refractivity contribution in [3.05, 3.63) is 41.0 Å². The lowest BCUT2D eigenvalue weighted by molar-refractivity contribution is -0.0498. The molecule has 0 bridgehead atoms. The summed E-state index contributed by atoms with van der Waals surface area (Å²) < 4.78 is 30.7. The van der Waals surface area contributed by atoms with E-state index in [9.17, 15) is 8.78 Å². The van der Waals surface area contributed by atoms with Gasteiger partial charge in [-0.3, -0.25) is 0 Å². The zero-order valence-electron chi connectivity index (χ0n) is 14.4. The van der Waals surface area contributed by atoms with E-state index in [0.717, 1.165) is 40.9 Å². The average Bonchev–Trinajstić information content (AvgIpc) is 3.21. The Labute approximate surface area is 157 Å². The number of fused-ring (bicyclic) bond motifs is 5. The Balaban J connectivity index is 1.60. The first-order valence-corrected chi connectivity index (χ1v) is 9.29. The number of hydrogen-bond donors (Lipinski definition) is 0. The highest BCUT2D eigenvalue weighted by Gasteiger charge is 2.22. The molecule has 9 heteroatoms. The minimum absolute atomic E-state index is 0.109. The van der Waals surface area contributed by atoms with Gasteiger partial charge in [0.15, 0.2) is 11.5 Å². The summed E-state index contributed by atoms with van der Waals surface area (Å²) in [6.45, 7) is -0.908. The molecule has 6 nitrogen and oxygen atoms in total. The van der Waals surface area contributed by atoms with Crippen molar-refractivity contribution in [2.45, 2.75) is 19.6 Å². The zero-order valence-corrected chi connectivity index (χ0v) is 15.2. The van der Waals surface area contributed by atoms with Gasteiger partial charge in [-0.1, -0.05) is 0 Å². The Morgan fingerprint density at radius 3 is 2.81 bits per heavy atom. The SMILES string of the molecule is CN1CCc2c(sc3ncn4nc(-c5ccc(OC(F)F)cc5)nc4c23)C1. The van der Waals surface area contributed by atoms with E-state index in [1.54, 1.807) is 34.3 Å². The third-order valence-electron chi connectivity index (χ3n) is 4.71. The van der Waals surface area contributed by atoms with Crippen LogP contribution in [0, 0.1) is 0 Å². The van der Waals surface area contributed by atoms with E-state index in [1.165, 1.54) is 22.6 Å². The van der Waals surface area contributed by atoms with Crippen molar-refractivity contribution in [1.82, 2.24) is 24.5 Å². The highest BCUT2D eigenvalue weighted by molar-refractivity contribution is 7.19. The van der Waals surface area contributed by atoms with Gasteiger partial charge in [0.25, 0.3) is 0 Å². The van der Waals surface area contributed by atoms with Crippen LogP contribution in [-0.4, -0.2) is 44.7 Å². The third kappa shape index (κ3) is 2.83. The molecule has 0 saturated carbocycles. The van der Waals surface area contributed by atoms with Crippen molar-refractivity contribution in [2.24, 2.45) is 0 Å². The number of halogens is 2. The molecule has 0 fully saturated rings. The lowest BCUT2D eigenvalue weighted by atomic mass is 10.1. The number of hydrogen-bond acceptors (Lipinski definition) is 6. The Bertz CT molecular complexity index is 1140. The van der Waals surface area contributed by atoms with Gasteiger partial charge in [-0.25, -0.2) is 14.5 Å². The second kappa shape index (κ2) is 6.21. The van der Waals surface area contributed by atoms with E-state index in [1.807, 2.05) is 0 Å². The first kappa shape index (κ1) is 16.5. The van der Waals surface area contributed by atoms with E-state index in [2.05, 4.69) is 26.8 Å². The second-order valence-corrected chi connectivity index (χ2v) is 7.61. The molecule has 1 aliphatic heterocycles. The van der Waals surface area contributed by atoms with Gasteiger partial charge in [-0.15, -0.1) is 16.4 Å². The molecule has 1 aliphatic rings. The second-order valence-electron chi connectivity index (χ2n) is 6.52. The highest BCUT2D eigenvalue weighted by atomic mass is 32.1. The summed E-state index contributed by atoms with van der Waals surface area (Å²) in [6, 6.07) is 6.33. The van der Waals surface area contributed by atoms with E-state index >= 15 is 0 Å². The monoisotopic (exact) mass is 387 g/mol. The summed E-state index contributed by atoms with van der Waals surface area (Å²) in [5.41, 5.74) is 2.83. The Hall–Kier alpha value is -2.65. The fourth-order valence-electron chi connectivity index (χ4n) is 3.43. The molecule has 0 saturated heterocycles. The molecule has 0 aliphatic carbocycles. The van der Waals surface area contributed by atoms with E-state index in [-0.39, 0.29) is 5.75 Å². The maximum Gasteiger partial charge on any atom is 0.387 e. The number of nitrogens with zero attached hydrogens (tertiary/aromatic N) is 5. The van der Waals surface area contributed by atoms with E-state index < -0.39 is 6.61 Å². The summed E-state index contributed by atoms with van der Waals surface area (Å²) in [4.78, 5) is 13.9. The molecule has 27 heavy (non-hydrogen) atoms. The maximum absolute atomic E-state index is 12.3. The number of benzene rings is 1. The Morgan fingerprint density at radius 1 is 1.22 bits per heavy atom. The van der Waals surface area contributed by atoms with Crippen molar-refractivity contribution in [1.29, 1.82) is 0 Å². The van der Waals surface area contributed by atoms with Crippen LogP contribution in [0.1, 0.15) is 10.4 Å². The van der Waals surface area contributed by atoms with Gasteiger partial charge in [-0.05, 0) is 43.3 Å². The van der Waals surface area contributed by atoms with Gasteiger partial charge in [0.1, 0.15) is 16.9 Å². The smallest absolute Gasteiger partial charge is 0.387 e. The van der Waals surface area contributed by atoms with Crippen LogP contribution in [0.15, 0.2) is 30.6 Å². The summed E-state index contributed by atoms with van der Waals surface area (Å²) in [5.74, 6) is 0.637. The van der Waals surface area contributed by atoms with Gasteiger partial charge < -0.3 is 9.64 Å². The van der Waals surface area contributed by atoms with Crippen LogP contribution in [0.4, 0.5) is 8.78 Å². The van der Waals surface area contributed by atoms with Crippen LogP contribution in [-0.2, 0) is 13.0 Å². The van der Waals surface area contributed by atoms with Gasteiger partial charge in [0.2, 0.25) is 0 Å². The van der Waals surface area contributed by atoms with Crippen LogP contribution < -0.4 is 4.74 Å². The number of likely N-dealkylation sites (N-methyl/N-ethyl adjacent to an activating group) is 1. The third-order valence-corrected chi connectivity index (χ3v) is 5.83. The van der Waals surface area contributed by atoms with E-state index in [0.29, 0.717) is 5.82 Å². The van der Waals surface area contributed by atoms with Crippen molar-refractivity contribution in [3.8, 4) is 17.1 Å². The fourth-order valence-corrected chi connectivity index (χ4v) is 4.69. The molecule has 0 atom stereocenters. The van der Waals surface area contributed by atoms with Crippen molar-refractivity contribution in [2.75, 3.05) is 13.6 Å². The van der Waals surface area contributed by atoms with Gasteiger partial charge in [0.05, 0.1) is 5.39 Å². The van der Waals surface area contributed by atoms with Crippen LogP contribution in [0.2, 0.25) is 0 Å². The fraction of sp³-hybridized carbons (Fsp3) is 0.278. The Morgan fingerprint density at radius 2 is 2.04 bits per heavy atom. The van der Waals surface area contributed by atoms with Gasteiger partial charge in [-0.2, -0.15) is 8.78 Å². The standard InChI is InChI=1S/C18H15F2N5OS/c1-24-7-6-12-13(8-24)27-17-14(12)16-22-15(23-25(16)9-21-17)10-2-4-11(5-3-10)26-18(19)20/h2-5,9,18H,6-8H2,1H3. The molecule has 3 aromatic heterocycles. The molecule has 4 heterocycles. The molecule has 138 valence electrons. The normalized spacial score (nSPS) is 15.0. The molecule has 1 aromatic carbocycles. The summed E-state index contributed by atoms with van der Waals surface area (Å²) in [6.07, 6.45) is 2.64. The lowest BCUT2D eigenvalue weighted by Gasteiger charge is -2.21. The minimum Gasteiger partial charge on any atom is -0.435 e. The summed E-state index contributed by atoms with van der Waals surface area (Å²) >= 11 is 1.71. The minimum atomic E-state index is -2.84. The predicted molar refractivity (Wildman–Crippen MR) is 98.3 cm³/mol. The molecular weight excluding hydrogens is 372 g/mol. The van der Waals surface area contributed by atoms with Crippen molar-refractivity contribution >= 4 is 27.2 Å². The maximum atomic E-state index is 12.3. The number of alkyl halides is 2. The average molecular weight is 387 g/mol. The summed E-state index contributed by atoms with van der Waals surface area (Å²) in [7, 11) is 2.12. The molecule has 5 rings (SSSR count). The predicted octanol–water partition coefficient (Wildman–Crippen LogP) is 3.60. The number of aromatic nitrogens is 4. The molecule has 0 radical (unpaired) electrons. The zero-order chi connectivity index (χ0) is 18.5. The molecular formula is C18H15F2N5OS. The van der Waals surface area contributed by atoms with Crippen molar-refractivity contribution < 1.29 is 13.5 Å². The van der Waals surface area contributed by atoms with Crippen LogP contribution >= 0.6 is 11.3 Å². The van der Waals surface area contributed by atoms with Gasteiger partial charge in [0, 0.05) is 23.5 Å². The largest absolute Gasteiger partial charge is 0.435 e. The number of thiophene rings is 1. The van der Waals surface area contributed by atoms with Crippen LogP contribution in [0.25, 0.3) is 27.3 Å². The topological polar surface area (TPSA) is 55.6 Å². The number of ether oxygens (including phenoxy) is 1. The summed E-state index contributed by atoms with van der Waals surface area (Å²) in [5, 5.41) is 5.59. The Kier molecular flexibility index (Phi) is 3.80.